The van der Waals surface area contributed by atoms with Crippen LogP contribution in [0, 0.1) is 5.92 Å². The first-order valence-electron chi connectivity index (χ1n) is 6.87. The highest BCUT2D eigenvalue weighted by Gasteiger charge is 2.37. The van der Waals surface area contributed by atoms with E-state index in [2.05, 4.69) is 19.2 Å². The molecular weight excluding hydrogens is 244 g/mol. The minimum atomic E-state index is -0.411. The van der Waals surface area contributed by atoms with Crippen LogP contribution in [0.25, 0.3) is 0 Å². The van der Waals surface area contributed by atoms with E-state index >= 15 is 0 Å². The van der Waals surface area contributed by atoms with Gasteiger partial charge in [0.25, 0.3) is 0 Å². The Morgan fingerprint density at radius 1 is 1.42 bits per heavy atom. The molecule has 0 aromatic heterocycles. The van der Waals surface area contributed by atoms with E-state index in [4.69, 9.17) is 4.74 Å². The van der Waals surface area contributed by atoms with Crippen molar-refractivity contribution < 1.29 is 14.3 Å². The van der Waals surface area contributed by atoms with Crippen molar-refractivity contribution in [1.82, 2.24) is 10.2 Å². The summed E-state index contributed by atoms with van der Waals surface area (Å²) in [6.07, 6.45) is 1.03. The lowest BCUT2D eigenvalue weighted by Gasteiger charge is -2.38. The lowest BCUT2D eigenvalue weighted by molar-refractivity contribution is -0.140. The third kappa shape index (κ3) is 4.20. The number of carbonyl (C=O) groups is 2. The number of carbonyl (C=O) groups excluding carboxylic acids is 2. The second-order valence-electron chi connectivity index (χ2n) is 6.23. The van der Waals surface area contributed by atoms with Crippen LogP contribution in [-0.2, 0) is 14.3 Å². The third-order valence-electron chi connectivity index (χ3n) is 3.40. The minimum Gasteiger partial charge on any atom is -0.382 e. The van der Waals surface area contributed by atoms with E-state index in [0.717, 1.165) is 0 Å². The van der Waals surface area contributed by atoms with Crippen LogP contribution in [0.3, 0.4) is 0 Å². The zero-order valence-corrected chi connectivity index (χ0v) is 12.7. The molecule has 1 rings (SSSR count). The van der Waals surface area contributed by atoms with Crippen molar-refractivity contribution in [2.24, 2.45) is 5.92 Å². The van der Waals surface area contributed by atoms with Gasteiger partial charge >= 0.3 is 0 Å². The number of nitrogens with zero attached hydrogens (tertiary/aromatic N) is 1. The van der Waals surface area contributed by atoms with Crippen molar-refractivity contribution in [2.75, 3.05) is 20.3 Å². The number of hydrogen-bond acceptors (Lipinski definition) is 3. The summed E-state index contributed by atoms with van der Waals surface area (Å²) in [5.41, 5.74) is -0.395. The molecule has 0 radical (unpaired) electrons. The maximum atomic E-state index is 12.6. The van der Waals surface area contributed by atoms with E-state index in [9.17, 15) is 9.59 Å². The van der Waals surface area contributed by atoms with Gasteiger partial charge in [-0.15, -0.1) is 0 Å². The highest BCUT2D eigenvalue weighted by Crippen LogP contribution is 2.21. The van der Waals surface area contributed by atoms with Crippen LogP contribution in [0.15, 0.2) is 0 Å². The van der Waals surface area contributed by atoms with Crippen molar-refractivity contribution in [2.45, 2.75) is 52.1 Å². The van der Waals surface area contributed by atoms with Crippen molar-refractivity contribution in [1.29, 1.82) is 0 Å². The number of hydrogen-bond donors (Lipinski definition) is 1. The first-order chi connectivity index (χ1) is 8.77. The molecule has 0 aliphatic carbocycles. The van der Waals surface area contributed by atoms with E-state index in [-0.39, 0.29) is 11.8 Å². The van der Waals surface area contributed by atoms with Crippen molar-refractivity contribution >= 4 is 11.8 Å². The van der Waals surface area contributed by atoms with Gasteiger partial charge in [0.05, 0.1) is 12.1 Å². The molecule has 0 spiro atoms. The topological polar surface area (TPSA) is 58.6 Å². The van der Waals surface area contributed by atoms with E-state index in [1.807, 2.05) is 13.8 Å². The molecule has 0 bridgehead atoms. The smallest absolute Gasteiger partial charge is 0.245 e. The summed E-state index contributed by atoms with van der Waals surface area (Å²) in [5, 5.41) is 2.83. The van der Waals surface area contributed by atoms with Crippen molar-refractivity contribution in [3.8, 4) is 0 Å². The highest BCUT2D eigenvalue weighted by atomic mass is 16.5. The Bertz CT molecular complexity index is 340. The Morgan fingerprint density at radius 3 is 2.58 bits per heavy atom. The Morgan fingerprint density at radius 2 is 2.05 bits per heavy atom. The zero-order chi connectivity index (χ0) is 14.6. The Hall–Kier alpha value is -1.10. The second-order valence-corrected chi connectivity index (χ2v) is 6.23. The van der Waals surface area contributed by atoms with Crippen LogP contribution in [0.1, 0.15) is 40.5 Å². The molecule has 0 aromatic rings. The van der Waals surface area contributed by atoms with Gasteiger partial charge in [0.15, 0.2) is 0 Å². The van der Waals surface area contributed by atoms with Gasteiger partial charge in [-0.3, -0.25) is 9.59 Å². The van der Waals surface area contributed by atoms with Crippen LogP contribution in [0.2, 0.25) is 0 Å². The van der Waals surface area contributed by atoms with Crippen LogP contribution in [-0.4, -0.2) is 48.6 Å². The number of ether oxygens (including phenoxy) is 1. The van der Waals surface area contributed by atoms with Gasteiger partial charge in [-0.05, 0) is 26.2 Å². The van der Waals surface area contributed by atoms with E-state index in [1.165, 1.54) is 0 Å². The molecule has 1 unspecified atom stereocenters. The maximum Gasteiger partial charge on any atom is 0.245 e. The fourth-order valence-electron chi connectivity index (χ4n) is 2.50. The molecule has 1 atom stereocenters. The Kier molecular flexibility index (Phi) is 5.35. The molecule has 2 amide bonds. The average molecular weight is 270 g/mol. The van der Waals surface area contributed by atoms with Gasteiger partial charge in [-0.1, -0.05) is 13.8 Å². The highest BCUT2D eigenvalue weighted by molar-refractivity contribution is 5.90. The molecule has 110 valence electrons. The molecule has 5 heteroatoms. The number of nitrogens with one attached hydrogen (secondary N) is 1. The molecular formula is C14H26N2O3. The quantitative estimate of drug-likeness (QED) is 0.816. The van der Waals surface area contributed by atoms with Crippen LogP contribution < -0.4 is 5.32 Å². The van der Waals surface area contributed by atoms with Gasteiger partial charge in [-0.25, -0.2) is 0 Å². The van der Waals surface area contributed by atoms with E-state index in [0.29, 0.717) is 31.9 Å². The zero-order valence-electron chi connectivity index (χ0n) is 12.7. The molecule has 1 N–H and O–H groups in total. The normalized spacial score (nSPS) is 21.6. The second kappa shape index (κ2) is 6.37. The summed E-state index contributed by atoms with van der Waals surface area (Å²) < 4.78 is 5.19. The molecule has 1 heterocycles. The molecule has 1 aliphatic rings. The molecule has 1 aliphatic heterocycles. The summed E-state index contributed by atoms with van der Waals surface area (Å²) in [5.74, 6) is 0.316. The van der Waals surface area contributed by atoms with E-state index in [1.54, 1.807) is 12.0 Å². The summed E-state index contributed by atoms with van der Waals surface area (Å²) in [4.78, 5) is 26.1. The lowest BCUT2D eigenvalue weighted by atomic mass is 9.99. The lowest BCUT2D eigenvalue weighted by Crippen LogP contribution is -2.55. The van der Waals surface area contributed by atoms with E-state index < -0.39 is 11.6 Å². The first-order valence-corrected chi connectivity index (χ1v) is 6.87. The largest absolute Gasteiger partial charge is 0.382 e. The fourth-order valence-corrected chi connectivity index (χ4v) is 2.50. The number of methoxy groups -OCH3 is 1. The Balaban J connectivity index is 2.92. The van der Waals surface area contributed by atoms with Crippen LogP contribution in [0.4, 0.5) is 0 Å². The summed E-state index contributed by atoms with van der Waals surface area (Å²) in [6.45, 7) is 8.95. The summed E-state index contributed by atoms with van der Waals surface area (Å²) in [7, 11) is 1.62. The van der Waals surface area contributed by atoms with Crippen LogP contribution >= 0.6 is 0 Å². The predicted octanol–water partition coefficient (Wildman–Crippen LogP) is 1.17. The van der Waals surface area contributed by atoms with Gasteiger partial charge in [0.2, 0.25) is 11.8 Å². The SMILES string of the molecule is COCC(C)(C)N1CCC(=O)NC(CC(C)C)C1=O. The molecule has 0 aromatic carbocycles. The third-order valence-corrected chi connectivity index (χ3v) is 3.40. The van der Waals surface area contributed by atoms with Crippen molar-refractivity contribution in [3.63, 3.8) is 0 Å². The molecule has 1 saturated heterocycles. The van der Waals surface area contributed by atoms with Gasteiger partial charge < -0.3 is 15.0 Å². The van der Waals surface area contributed by atoms with Gasteiger partial charge in [-0.2, -0.15) is 0 Å². The molecule has 0 saturated carbocycles. The number of rotatable bonds is 5. The predicted molar refractivity (Wildman–Crippen MR) is 73.7 cm³/mol. The standard InChI is InChI=1S/C14H26N2O3/c1-10(2)8-11-13(18)16(7-6-12(17)15-11)14(3,4)9-19-5/h10-11H,6-9H2,1-5H3,(H,15,17). The number of amides is 2. The molecule has 5 nitrogen and oxygen atoms in total. The summed E-state index contributed by atoms with van der Waals surface area (Å²) >= 11 is 0. The minimum absolute atomic E-state index is 0.00148. The first kappa shape index (κ1) is 16.0. The fraction of sp³-hybridized carbons (Fsp3) is 0.857. The average Bonchev–Trinajstić information content (AvgIpc) is 2.39. The molecule has 19 heavy (non-hydrogen) atoms. The molecule has 1 fully saturated rings. The monoisotopic (exact) mass is 270 g/mol. The van der Waals surface area contributed by atoms with Gasteiger partial charge in [0, 0.05) is 20.1 Å². The van der Waals surface area contributed by atoms with Gasteiger partial charge in [0.1, 0.15) is 6.04 Å². The maximum absolute atomic E-state index is 12.6. The Labute approximate surface area is 115 Å². The summed E-state index contributed by atoms with van der Waals surface area (Å²) in [6, 6.07) is -0.411. The van der Waals surface area contributed by atoms with Crippen LogP contribution in [0.5, 0.6) is 0 Å². The van der Waals surface area contributed by atoms with Crippen molar-refractivity contribution in [3.05, 3.63) is 0 Å².